The Kier molecular flexibility index (Phi) is 9.12. The lowest BCUT2D eigenvalue weighted by atomic mass is 9.84. The third kappa shape index (κ3) is 6.70. The second-order valence-electron chi connectivity index (χ2n) is 10.2. The fourth-order valence-corrected chi connectivity index (χ4v) is 6.56. The van der Waals surface area contributed by atoms with Crippen LogP contribution in [0, 0.1) is 12.8 Å². The number of carbonyl (C=O) groups excluding carboxylic acids is 1. The van der Waals surface area contributed by atoms with E-state index in [1.54, 1.807) is 16.7 Å². The van der Waals surface area contributed by atoms with Gasteiger partial charge in [-0.15, -0.1) is 0 Å². The average molecular weight is 572 g/mol. The van der Waals surface area contributed by atoms with E-state index in [1.165, 1.54) is 12.1 Å². The van der Waals surface area contributed by atoms with E-state index in [0.29, 0.717) is 12.2 Å². The number of benzene rings is 2. The second kappa shape index (κ2) is 12.3. The van der Waals surface area contributed by atoms with Crippen LogP contribution in [0.15, 0.2) is 53.4 Å². The van der Waals surface area contributed by atoms with Crippen molar-refractivity contribution in [2.24, 2.45) is 5.92 Å². The molecule has 1 aliphatic carbocycles. The van der Waals surface area contributed by atoms with E-state index in [1.807, 2.05) is 31.2 Å². The molecule has 2 aromatic carbocycles. The van der Waals surface area contributed by atoms with Crippen molar-refractivity contribution in [3.8, 4) is 0 Å². The molecule has 39 heavy (non-hydrogen) atoms. The van der Waals surface area contributed by atoms with Crippen LogP contribution in [0.5, 0.6) is 0 Å². The predicted octanol–water partition coefficient (Wildman–Crippen LogP) is 5.71. The topological polar surface area (TPSA) is 118 Å². The summed E-state index contributed by atoms with van der Waals surface area (Å²) < 4.78 is 29.9. The molecule has 1 heterocycles. The van der Waals surface area contributed by atoms with Crippen molar-refractivity contribution in [3.05, 3.63) is 81.9 Å². The zero-order chi connectivity index (χ0) is 28.2. The van der Waals surface area contributed by atoms with Gasteiger partial charge in [-0.3, -0.25) is 4.79 Å². The number of aromatic carboxylic acids is 1. The molecule has 1 atom stereocenters. The Balaban J connectivity index is 1.59. The Hall–Kier alpha value is -3.17. The normalized spacial score (nSPS) is 14.8. The maximum atomic E-state index is 13.4. The summed E-state index contributed by atoms with van der Waals surface area (Å²) in [6, 6.07) is 13.7. The van der Waals surface area contributed by atoms with E-state index in [4.69, 9.17) is 11.6 Å². The number of unbranched alkanes of at least 4 members (excludes halogenated alkanes) is 1. The molecule has 8 nitrogen and oxygen atoms in total. The van der Waals surface area contributed by atoms with Crippen molar-refractivity contribution >= 4 is 33.5 Å². The van der Waals surface area contributed by atoms with E-state index in [0.717, 1.165) is 55.2 Å². The SMILES string of the molecule is CCCCc1nc(Cl)c(C(=O)O)n1Cc1ccc(C(C(=O)NS(=O)(=O)c2ccc(C)cc2)C2CCCC2)cc1. The Morgan fingerprint density at radius 2 is 1.74 bits per heavy atom. The maximum Gasteiger partial charge on any atom is 0.355 e. The van der Waals surface area contributed by atoms with Crippen LogP contribution in [0.2, 0.25) is 5.15 Å². The minimum Gasteiger partial charge on any atom is -0.476 e. The molecule has 4 rings (SSSR count). The van der Waals surface area contributed by atoms with Gasteiger partial charge in [0.25, 0.3) is 10.0 Å². The van der Waals surface area contributed by atoms with Crippen LogP contribution in [-0.4, -0.2) is 35.0 Å². The van der Waals surface area contributed by atoms with Gasteiger partial charge in [-0.1, -0.05) is 79.7 Å². The van der Waals surface area contributed by atoms with Crippen molar-refractivity contribution < 1.29 is 23.1 Å². The molecule has 0 radical (unpaired) electrons. The highest BCUT2D eigenvalue weighted by molar-refractivity contribution is 7.90. The summed E-state index contributed by atoms with van der Waals surface area (Å²) in [5.41, 5.74) is 2.44. The number of aromatic nitrogens is 2. The molecular weight excluding hydrogens is 538 g/mol. The monoisotopic (exact) mass is 571 g/mol. The fourth-order valence-electron chi connectivity index (χ4n) is 5.28. The molecule has 1 aliphatic rings. The molecule has 208 valence electrons. The van der Waals surface area contributed by atoms with Crippen LogP contribution >= 0.6 is 11.6 Å². The number of rotatable bonds is 11. The van der Waals surface area contributed by atoms with Gasteiger partial charge < -0.3 is 9.67 Å². The highest BCUT2D eigenvalue weighted by Crippen LogP contribution is 2.38. The molecule has 1 saturated carbocycles. The molecule has 1 amide bonds. The largest absolute Gasteiger partial charge is 0.476 e. The Morgan fingerprint density at radius 3 is 2.33 bits per heavy atom. The summed E-state index contributed by atoms with van der Waals surface area (Å²) in [6.45, 7) is 4.18. The van der Waals surface area contributed by atoms with Crippen molar-refractivity contribution in [2.75, 3.05) is 0 Å². The van der Waals surface area contributed by atoms with Gasteiger partial charge in [0.2, 0.25) is 5.91 Å². The first-order valence-electron chi connectivity index (χ1n) is 13.3. The van der Waals surface area contributed by atoms with Gasteiger partial charge in [-0.25, -0.2) is 22.9 Å². The van der Waals surface area contributed by atoms with E-state index >= 15 is 0 Å². The summed E-state index contributed by atoms with van der Waals surface area (Å²) >= 11 is 6.16. The smallest absolute Gasteiger partial charge is 0.355 e. The molecule has 1 unspecified atom stereocenters. The van der Waals surface area contributed by atoms with Gasteiger partial charge >= 0.3 is 5.97 Å². The minimum atomic E-state index is -4.01. The maximum absolute atomic E-state index is 13.4. The van der Waals surface area contributed by atoms with Crippen LogP contribution in [0.1, 0.15) is 84.4 Å². The standard InChI is InChI=1S/C29H34ClN3O5S/c1-3-4-9-24-31-27(30)26(29(35)36)33(24)18-20-12-14-22(15-13-20)25(21-7-5-6-8-21)28(34)32-39(37,38)23-16-10-19(2)11-17-23/h10-17,21,25H,3-9,18H2,1-2H3,(H,32,34)(H,35,36). The number of carboxylic acids is 1. The van der Waals surface area contributed by atoms with E-state index in [2.05, 4.69) is 16.6 Å². The molecule has 1 fully saturated rings. The summed E-state index contributed by atoms with van der Waals surface area (Å²) in [5, 5.41) is 9.68. The van der Waals surface area contributed by atoms with Crippen molar-refractivity contribution in [1.82, 2.24) is 14.3 Å². The van der Waals surface area contributed by atoms with Crippen LogP contribution in [0.4, 0.5) is 0 Å². The molecule has 0 bridgehead atoms. The lowest BCUT2D eigenvalue weighted by Gasteiger charge is -2.23. The number of aryl methyl sites for hydroxylation is 2. The first-order valence-corrected chi connectivity index (χ1v) is 15.2. The zero-order valence-corrected chi connectivity index (χ0v) is 23.8. The fraction of sp³-hybridized carbons (Fsp3) is 0.414. The van der Waals surface area contributed by atoms with Gasteiger partial charge in [0, 0.05) is 13.0 Å². The first kappa shape index (κ1) is 28.8. The Labute approximate surface area is 234 Å². The first-order chi connectivity index (χ1) is 18.6. The van der Waals surface area contributed by atoms with Crippen LogP contribution < -0.4 is 4.72 Å². The number of hydrogen-bond acceptors (Lipinski definition) is 5. The Bertz CT molecular complexity index is 1430. The molecular formula is C29H34ClN3O5S. The van der Waals surface area contributed by atoms with E-state index in [9.17, 15) is 23.1 Å². The highest BCUT2D eigenvalue weighted by Gasteiger charge is 2.34. The summed E-state index contributed by atoms with van der Waals surface area (Å²) in [4.78, 5) is 29.7. The third-order valence-corrected chi connectivity index (χ3v) is 8.99. The van der Waals surface area contributed by atoms with Crippen LogP contribution in [-0.2, 0) is 27.8 Å². The van der Waals surface area contributed by atoms with Crippen LogP contribution in [0.25, 0.3) is 0 Å². The molecule has 0 saturated heterocycles. The minimum absolute atomic E-state index is 0.0297. The summed E-state index contributed by atoms with van der Waals surface area (Å²) in [6.07, 6.45) is 6.09. The van der Waals surface area contributed by atoms with E-state index < -0.39 is 27.8 Å². The number of nitrogens with zero attached hydrogens (tertiary/aromatic N) is 2. The lowest BCUT2D eigenvalue weighted by Crippen LogP contribution is -2.37. The number of sulfonamides is 1. The number of carboxylic acid groups (broad SMARTS) is 1. The highest BCUT2D eigenvalue weighted by atomic mass is 35.5. The second-order valence-corrected chi connectivity index (χ2v) is 12.2. The molecule has 1 aromatic heterocycles. The number of hydrogen-bond donors (Lipinski definition) is 2. The molecule has 0 spiro atoms. The van der Waals surface area contributed by atoms with Crippen molar-refractivity contribution in [2.45, 2.75) is 76.2 Å². The number of nitrogens with one attached hydrogen (secondary N) is 1. The number of amides is 1. The number of imidazole rings is 1. The summed E-state index contributed by atoms with van der Waals surface area (Å²) in [7, 11) is -4.01. The van der Waals surface area contributed by atoms with Gasteiger partial charge in [0.1, 0.15) is 5.82 Å². The average Bonchev–Trinajstić information content (AvgIpc) is 3.51. The molecule has 0 aliphatic heterocycles. The lowest BCUT2D eigenvalue weighted by molar-refractivity contribution is -0.122. The third-order valence-electron chi connectivity index (χ3n) is 7.36. The quantitative estimate of drug-likeness (QED) is 0.304. The van der Waals surface area contributed by atoms with Crippen molar-refractivity contribution in [1.29, 1.82) is 0 Å². The number of halogens is 1. The molecule has 3 aromatic rings. The van der Waals surface area contributed by atoms with E-state index in [-0.39, 0.29) is 28.2 Å². The van der Waals surface area contributed by atoms with Gasteiger partial charge in [-0.05, 0) is 55.4 Å². The van der Waals surface area contributed by atoms with Crippen molar-refractivity contribution in [3.63, 3.8) is 0 Å². The predicted molar refractivity (Wildman–Crippen MR) is 150 cm³/mol. The van der Waals surface area contributed by atoms with Crippen LogP contribution in [0.3, 0.4) is 0 Å². The van der Waals surface area contributed by atoms with Gasteiger partial charge in [0.05, 0.1) is 10.8 Å². The molecule has 10 heteroatoms. The molecule has 2 N–H and O–H groups in total. The zero-order valence-electron chi connectivity index (χ0n) is 22.2. The van der Waals surface area contributed by atoms with Gasteiger partial charge in [-0.2, -0.15) is 0 Å². The Morgan fingerprint density at radius 1 is 1.10 bits per heavy atom. The summed E-state index contributed by atoms with van der Waals surface area (Å²) in [5.74, 6) is -1.63. The van der Waals surface area contributed by atoms with Gasteiger partial charge in [0.15, 0.2) is 10.8 Å². The number of carbonyl (C=O) groups is 2.